The number of nitrogens with zero attached hydrogens (tertiary/aromatic N) is 2. The largest absolute Gasteiger partial charge is 0.497 e. The number of methoxy groups -OCH3 is 1. The fourth-order valence-corrected chi connectivity index (χ4v) is 6.19. The lowest BCUT2D eigenvalue weighted by Crippen LogP contribution is -2.51. The number of anilines is 2. The van der Waals surface area contributed by atoms with Gasteiger partial charge in [-0.25, -0.2) is 4.79 Å². The highest BCUT2D eigenvalue weighted by molar-refractivity contribution is 9.11. The van der Waals surface area contributed by atoms with E-state index in [0.29, 0.717) is 64.8 Å². The summed E-state index contributed by atoms with van der Waals surface area (Å²) in [5, 5.41) is 2.96. The molecule has 2 aromatic rings. The molecule has 2 fully saturated rings. The summed E-state index contributed by atoms with van der Waals surface area (Å²) in [5.74, 6) is 0.159. The summed E-state index contributed by atoms with van der Waals surface area (Å²) in [6, 6.07) is 9.07. The molecule has 1 saturated heterocycles. The van der Waals surface area contributed by atoms with Crippen LogP contribution in [0.2, 0.25) is 0 Å². The summed E-state index contributed by atoms with van der Waals surface area (Å²) in [4.78, 5) is 42.5. The van der Waals surface area contributed by atoms with E-state index in [-0.39, 0.29) is 35.6 Å². The van der Waals surface area contributed by atoms with Crippen LogP contribution in [0.25, 0.3) is 0 Å². The zero-order valence-electron chi connectivity index (χ0n) is 19.2. The third-order valence-corrected chi connectivity index (χ3v) is 8.50. The van der Waals surface area contributed by atoms with Gasteiger partial charge in [-0.1, -0.05) is 6.07 Å². The Morgan fingerprint density at radius 1 is 1.09 bits per heavy atom. The zero-order chi connectivity index (χ0) is 24.9. The van der Waals surface area contributed by atoms with Crippen LogP contribution in [0.1, 0.15) is 35.2 Å². The second-order valence-corrected chi connectivity index (χ2v) is 11.0. The third kappa shape index (κ3) is 4.65. The van der Waals surface area contributed by atoms with Crippen LogP contribution in [-0.2, 0) is 11.3 Å². The lowest BCUT2D eigenvalue weighted by molar-refractivity contribution is -0.134. The van der Waals surface area contributed by atoms with Crippen molar-refractivity contribution in [1.82, 2.24) is 9.80 Å². The molecular weight excluding hydrogens is 580 g/mol. The van der Waals surface area contributed by atoms with Crippen molar-refractivity contribution in [2.45, 2.75) is 31.8 Å². The standard InChI is InChI=1S/C25H26Br2N4O4/c1-35-16-3-2-13-12-31(25(34)29-21(13)10-16)15-4-6-30(7-5-15)24(33)18-11-17(18)23(32)14-8-19(26)22(28)20(27)9-14/h2-3,8-10,15,17-18H,4-7,11-12,28H2,1H3,(H,29,34). The maximum absolute atomic E-state index is 13.1. The molecule has 35 heavy (non-hydrogen) atoms. The first-order valence-electron chi connectivity index (χ1n) is 11.6. The fraction of sp³-hybridized carbons (Fsp3) is 0.400. The number of amides is 3. The second-order valence-electron chi connectivity index (χ2n) is 9.30. The molecule has 1 aliphatic carbocycles. The maximum atomic E-state index is 13.1. The van der Waals surface area contributed by atoms with Gasteiger partial charge in [-0.3, -0.25) is 9.59 Å². The molecule has 8 nitrogen and oxygen atoms in total. The van der Waals surface area contributed by atoms with Crippen LogP contribution in [-0.4, -0.2) is 53.8 Å². The summed E-state index contributed by atoms with van der Waals surface area (Å²) >= 11 is 6.76. The summed E-state index contributed by atoms with van der Waals surface area (Å²) < 4.78 is 6.56. The molecule has 10 heteroatoms. The first-order chi connectivity index (χ1) is 16.8. The first-order valence-corrected chi connectivity index (χ1v) is 13.2. The van der Waals surface area contributed by atoms with Gasteiger partial charge in [0.25, 0.3) is 0 Å². The van der Waals surface area contributed by atoms with E-state index >= 15 is 0 Å². The Hall–Kier alpha value is -2.59. The number of benzene rings is 2. The molecule has 0 aromatic heterocycles. The highest BCUT2D eigenvalue weighted by Gasteiger charge is 2.50. The number of nitrogens with one attached hydrogen (secondary N) is 1. The van der Waals surface area contributed by atoms with Crippen molar-refractivity contribution in [3.63, 3.8) is 0 Å². The molecule has 3 amide bonds. The van der Waals surface area contributed by atoms with Crippen LogP contribution in [0.15, 0.2) is 39.3 Å². The van der Waals surface area contributed by atoms with Crippen molar-refractivity contribution in [1.29, 1.82) is 0 Å². The molecule has 5 rings (SSSR count). The van der Waals surface area contributed by atoms with Crippen LogP contribution < -0.4 is 15.8 Å². The number of nitrogens with two attached hydrogens (primary N) is 1. The number of fused-ring (bicyclic) bond motifs is 1. The summed E-state index contributed by atoms with van der Waals surface area (Å²) in [5.41, 5.74) is 8.84. The predicted octanol–water partition coefficient (Wildman–Crippen LogP) is 4.66. The average molecular weight is 606 g/mol. The number of halogens is 2. The number of ether oxygens (including phenoxy) is 1. The number of urea groups is 1. The van der Waals surface area contributed by atoms with Crippen molar-refractivity contribution >= 4 is 61.0 Å². The van der Waals surface area contributed by atoms with E-state index in [0.717, 1.165) is 11.3 Å². The molecule has 0 bridgehead atoms. The molecule has 1 saturated carbocycles. The van der Waals surface area contributed by atoms with Crippen LogP contribution in [0.4, 0.5) is 16.2 Å². The second kappa shape index (κ2) is 9.46. The molecular formula is C25H26Br2N4O4. The summed E-state index contributed by atoms with van der Waals surface area (Å²) in [7, 11) is 1.60. The van der Waals surface area contributed by atoms with Gasteiger partial charge in [0.2, 0.25) is 5.91 Å². The quantitative estimate of drug-likeness (QED) is 0.381. The van der Waals surface area contributed by atoms with Gasteiger partial charge in [0.1, 0.15) is 5.75 Å². The predicted molar refractivity (Wildman–Crippen MR) is 139 cm³/mol. The van der Waals surface area contributed by atoms with Crippen molar-refractivity contribution in [3.05, 3.63) is 50.4 Å². The van der Waals surface area contributed by atoms with E-state index in [1.807, 2.05) is 28.0 Å². The lowest BCUT2D eigenvalue weighted by atomic mass is 10.00. The number of rotatable bonds is 5. The van der Waals surface area contributed by atoms with Crippen molar-refractivity contribution < 1.29 is 19.1 Å². The van der Waals surface area contributed by atoms with Crippen LogP contribution in [0.5, 0.6) is 5.75 Å². The van der Waals surface area contributed by atoms with Crippen molar-refractivity contribution in [3.8, 4) is 5.75 Å². The van der Waals surface area contributed by atoms with Gasteiger partial charge in [0, 0.05) is 58.1 Å². The number of piperidine rings is 1. The van der Waals surface area contributed by atoms with Gasteiger partial charge in [-0.05, 0) is 74.9 Å². The minimum Gasteiger partial charge on any atom is -0.497 e. The van der Waals surface area contributed by atoms with Gasteiger partial charge >= 0.3 is 6.03 Å². The number of hydrogen-bond acceptors (Lipinski definition) is 5. The Morgan fingerprint density at radius 3 is 2.43 bits per heavy atom. The van der Waals surface area contributed by atoms with Crippen molar-refractivity contribution in [2.75, 3.05) is 31.2 Å². The monoisotopic (exact) mass is 604 g/mol. The van der Waals surface area contributed by atoms with E-state index in [1.165, 1.54) is 0 Å². The number of carbonyl (C=O) groups excluding carboxylic acids is 3. The Morgan fingerprint density at radius 2 is 1.77 bits per heavy atom. The number of likely N-dealkylation sites (tertiary alicyclic amines) is 1. The minimum absolute atomic E-state index is 0.0279. The first kappa shape index (κ1) is 24.1. The third-order valence-electron chi connectivity index (χ3n) is 7.19. The van der Waals surface area contributed by atoms with Gasteiger partial charge in [0.15, 0.2) is 5.78 Å². The zero-order valence-corrected chi connectivity index (χ0v) is 22.4. The number of hydrogen-bond donors (Lipinski definition) is 2. The van der Waals surface area contributed by atoms with Crippen LogP contribution >= 0.6 is 31.9 Å². The molecule has 2 aromatic carbocycles. The molecule has 0 radical (unpaired) electrons. The molecule has 2 aliphatic heterocycles. The molecule has 2 atom stereocenters. The van der Waals surface area contributed by atoms with E-state index < -0.39 is 0 Å². The Labute approximate surface area is 220 Å². The minimum atomic E-state index is -0.288. The fourth-order valence-electron chi connectivity index (χ4n) is 5.00. The topological polar surface area (TPSA) is 105 Å². The molecule has 184 valence electrons. The Kier molecular flexibility index (Phi) is 6.52. The van der Waals surface area contributed by atoms with Crippen molar-refractivity contribution in [2.24, 2.45) is 11.8 Å². The molecule has 3 N–H and O–H groups in total. The van der Waals surface area contributed by atoms with Crippen LogP contribution in [0, 0.1) is 11.8 Å². The Bertz CT molecular complexity index is 1190. The number of carbonyl (C=O) groups is 3. The van der Waals surface area contributed by atoms with E-state index in [2.05, 4.69) is 37.2 Å². The number of ketones is 1. The number of nitrogen functional groups attached to an aromatic ring is 1. The van der Waals surface area contributed by atoms with Gasteiger partial charge in [-0.15, -0.1) is 0 Å². The maximum Gasteiger partial charge on any atom is 0.322 e. The smallest absolute Gasteiger partial charge is 0.322 e. The summed E-state index contributed by atoms with van der Waals surface area (Å²) in [6.07, 6.45) is 2.01. The van der Waals surface area contributed by atoms with Gasteiger partial charge in [0.05, 0.1) is 18.5 Å². The van der Waals surface area contributed by atoms with E-state index in [4.69, 9.17) is 10.5 Å². The highest BCUT2D eigenvalue weighted by Crippen LogP contribution is 2.44. The van der Waals surface area contributed by atoms with Crippen LogP contribution in [0.3, 0.4) is 0 Å². The Balaban J connectivity index is 1.17. The van der Waals surface area contributed by atoms with E-state index in [9.17, 15) is 14.4 Å². The average Bonchev–Trinajstić information content (AvgIpc) is 3.66. The summed E-state index contributed by atoms with van der Waals surface area (Å²) in [6.45, 7) is 1.70. The number of Topliss-reactive ketones (excluding diaryl/α,β-unsaturated/α-hetero) is 1. The molecule has 3 aliphatic rings. The lowest BCUT2D eigenvalue weighted by Gasteiger charge is -2.40. The SMILES string of the molecule is COc1ccc2c(c1)NC(=O)N(C1CCN(C(=O)C3CC3C(=O)c3cc(Br)c(N)c(Br)c3)CC1)C2. The highest BCUT2D eigenvalue weighted by atomic mass is 79.9. The van der Waals surface area contributed by atoms with E-state index in [1.54, 1.807) is 19.2 Å². The normalized spacial score (nSPS) is 21.9. The van der Waals surface area contributed by atoms with Gasteiger partial charge in [-0.2, -0.15) is 0 Å². The molecule has 0 spiro atoms. The van der Waals surface area contributed by atoms with Gasteiger partial charge < -0.3 is 25.6 Å². The molecule has 2 heterocycles. The molecule has 2 unspecified atom stereocenters.